The number of para-hydroxylation sites is 1. The molecular weight excluding hydrogens is 220 g/mol. The van der Waals surface area contributed by atoms with Gasteiger partial charge in [-0.1, -0.05) is 25.1 Å². The topological polar surface area (TPSA) is 15.3 Å². The Labute approximate surface area is 110 Å². The zero-order valence-electron chi connectivity index (χ0n) is 11.4. The van der Waals surface area contributed by atoms with Gasteiger partial charge in [0.2, 0.25) is 0 Å². The van der Waals surface area contributed by atoms with E-state index in [1.54, 1.807) is 0 Å². The first-order chi connectivity index (χ1) is 8.88. The van der Waals surface area contributed by atoms with Crippen molar-refractivity contribution in [2.24, 2.45) is 0 Å². The van der Waals surface area contributed by atoms with Gasteiger partial charge in [-0.2, -0.15) is 0 Å². The van der Waals surface area contributed by atoms with Crippen LogP contribution in [0, 0.1) is 0 Å². The Morgan fingerprint density at radius 2 is 2.00 bits per heavy atom. The molecule has 0 bridgehead atoms. The molecule has 0 radical (unpaired) electrons. The molecule has 1 heterocycles. The average molecular weight is 244 g/mol. The Morgan fingerprint density at radius 3 is 2.78 bits per heavy atom. The summed E-state index contributed by atoms with van der Waals surface area (Å²) < 4.78 is 0. The van der Waals surface area contributed by atoms with Gasteiger partial charge in [0.05, 0.1) is 0 Å². The van der Waals surface area contributed by atoms with Crippen molar-refractivity contribution >= 4 is 5.69 Å². The summed E-state index contributed by atoms with van der Waals surface area (Å²) in [6.07, 6.45) is 6.65. The molecule has 0 aromatic heterocycles. The summed E-state index contributed by atoms with van der Waals surface area (Å²) in [6.45, 7) is 4.69. The molecule has 2 aliphatic rings. The summed E-state index contributed by atoms with van der Waals surface area (Å²) >= 11 is 0. The molecule has 1 unspecified atom stereocenters. The van der Waals surface area contributed by atoms with Crippen molar-refractivity contribution in [3.8, 4) is 0 Å². The Kier molecular flexibility index (Phi) is 3.55. The van der Waals surface area contributed by atoms with Gasteiger partial charge in [0.1, 0.15) is 0 Å². The van der Waals surface area contributed by atoms with Crippen LogP contribution in [0.3, 0.4) is 0 Å². The van der Waals surface area contributed by atoms with Crippen molar-refractivity contribution in [1.82, 2.24) is 4.90 Å². The van der Waals surface area contributed by atoms with E-state index in [2.05, 4.69) is 41.4 Å². The van der Waals surface area contributed by atoms with Crippen molar-refractivity contribution in [2.75, 3.05) is 18.4 Å². The molecule has 1 aromatic rings. The van der Waals surface area contributed by atoms with E-state index in [1.165, 1.54) is 49.9 Å². The van der Waals surface area contributed by atoms with Gasteiger partial charge >= 0.3 is 0 Å². The smallest absolute Gasteiger partial charge is 0.0373 e. The number of nitrogens with zero attached hydrogens (tertiary/aromatic N) is 1. The van der Waals surface area contributed by atoms with Crippen LogP contribution < -0.4 is 5.32 Å². The third-order valence-electron chi connectivity index (χ3n) is 4.26. The van der Waals surface area contributed by atoms with Gasteiger partial charge < -0.3 is 5.32 Å². The third-order valence-corrected chi connectivity index (χ3v) is 4.26. The SMILES string of the molecule is CCCN(C1CC1)C1CCc2ccccc2NC1. The second kappa shape index (κ2) is 5.31. The number of hydrogen-bond acceptors (Lipinski definition) is 2. The molecule has 1 aliphatic heterocycles. The van der Waals surface area contributed by atoms with E-state index in [0.717, 1.165) is 18.6 Å². The normalized spacial score (nSPS) is 23.3. The van der Waals surface area contributed by atoms with Gasteiger partial charge in [0.25, 0.3) is 0 Å². The fraction of sp³-hybridized carbons (Fsp3) is 0.625. The quantitative estimate of drug-likeness (QED) is 0.874. The Morgan fingerprint density at radius 1 is 1.17 bits per heavy atom. The van der Waals surface area contributed by atoms with Crippen LogP contribution in [0.1, 0.15) is 38.2 Å². The predicted molar refractivity (Wildman–Crippen MR) is 77.1 cm³/mol. The molecule has 2 nitrogen and oxygen atoms in total. The van der Waals surface area contributed by atoms with Gasteiger partial charge in [-0.25, -0.2) is 0 Å². The molecular formula is C16H24N2. The van der Waals surface area contributed by atoms with Crippen LogP contribution in [0.4, 0.5) is 5.69 Å². The minimum atomic E-state index is 0.727. The maximum Gasteiger partial charge on any atom is 0.0373 e. The second-order valence-corrected chi connectivity index (χ2v) is 5.70. The van der Waals surface area contributed by atoms with E-state index >= 15 is 0 Å². The van der Waals surface area contributed by atoms with Crippen molar-refractivity contribution in [3.63, 3.8) is 0 Å². The molecule has 1 saturated carbocycles. The molecule has 1 aliphatic carbocycles. The highest BCUT2D eigenvalue weighted by Crippen LogP contribution is 2.31. The van der Waals surface area contributed by atoms with Gasteiger partial charge in [-0.3, -0.25) is 4.90 Å². The molecule has 1 fully saturated rings. The van der Waals surface area contributed by atoms with Crippen molar-refractivity contribution < 1.29 is 0 Å². The molecule has 0 spiro atoms. The van der Waals surface area contributed by atoms with Gasteiger partial charge in [-0.15, -0.1) is 0 Å². The summed E-state index contributed by atoms with van der Waals surface area (Å²) in [5.74, 6) is 0. The summed E-state index contributed by atoms with van der Waals surface area (Å²) in [4.78, 5) is 2.76. The molecule has 2 heteroatoms. The molecule has 0 amide bonds. The number of anilines is 1. The minimum Gasteiger partial charge on any atom is -0.383 e. The lowest BCUT2D eigenvalue weighted by molar-refractivity contribution is 0.186. The van der Waals surface area contributed by atoms with E-state index in [0.29, 0.717) is 0 Å². The standard InChI is InChI=1S/C16H24N2/c1-2-11-18(14-9-10-14)15-8-7-13-5-3-4-6-16(13)17-12-15/h3-6,14-15,17H,2,7-12H2,1H3. The fourth-order valence-corrected chi connectivity index (χ4v) is 3.17. The van der Waals surface area contributed by atoms with Crippen LogP contribution in [-0.4, -0.2) is 30.1 Å². The largest absolute Gasteiger partial charge is 0.383 e. The maximum absolute atomic E-state index is 3.66. The zero-order valence-corrected chi connectivity index (χ0v) is 11.4. The predicted octanol–water partition coefficient (Wildman–Crippen LogP) is 3.29. The number of nitrogens with one attached hydrogen (secondary N) is 1. The molecule has 1 atom stereocenters. The molecule has 1 N–H and O–H groups in total. The first-order valence-electron chi connectivity index (χ1n) is 7.46. The first-order valence-corrected chi connectivity index (χ1v) is 7.46. The second-order valence-electron chi connectivity index (χ2n) is 5.70. The number of fused-ring (bicyclic) bond motifs is 1. The summed E-state index contributed by atoms with van der Waals surface area (Å²) in [6, 6.07) is 10.4. The first kappa shape index (κ1) is 12.0. The number of benzene rings is 1. The third kappa shape index (κ3) is 2.54. The molecule has 18 heavy (non-hydrogen) atoms. The highest BCUT2D eigenvalue weighted by atomic mass is 15.2. The van der Waals surface area contributed by atoms with Crippen molar-refractivity contribution in [1.29, 1.82) is 0 Å². The van der Waals surface area contributed by atoms with Gasteiger partial charge in [0, 0.05) is 24.3 Å². The van der Waals surface area contributed by atoms with E-state index < -0.39 is 0 Å². The van der Waals surface area contributed by atoms with E-state index in [-0.39, 0.29) is 0 Å². The average Bonchev–Trinajstić information content (AvgIpc) is 3.23. The fourth-order valence-electron chi connectivity index (χ4n) is 3.17. The Bertz CT molecular complexity index is 371. The van der Waals surface area contributed by atoms with Crippen LogP contribution in [-0.2, 0) is 6.42 Å². The lowest BCUT2D eigenvalue weighted by Gasteiger charge is -2.30. The van der Waals surface area contributed by atoms with Crippen molar-refractivity contribution in [2.45, 2.75) is 51.1 Å². The zero-order chi connectivity index (χ0) is 12.4. The molecule has 98 valence electrons. The lowest BCUT2D eigenvalue weighted by Crippen LogP contribution is -2.41. The van der Waals surface area contributed by atoms with Crippen LogP contribution in [0.5, 0.6) is 0 Å². The summed E-state index contributed by atoms with van der Waals surface area (Å²) in [5, 5.41) is 3.66. The van der Waals surface area contributed by atoms with Crippen molar-refractivity contribution in [3.05, 3.63) is 29.8 Å². The van der Waals surface area contributed by atoms with Crippen LogP contribution in [0.25, 0.3) is 0 Å². The van der Waals surface area contributed by atoms with Gasteiger partial charge in [0.15, 0.2) is 0 Å². The monoisotopic (exact) mass is 244 g/mol. The number of hydrogen-bond donors (Lipinski definition) is 1. The van der Waals surface area contributed by atoms with Crippen LogP contribution in [0.2, 0.25) is 0 Å². The maximum atomic E-state index is 3.66. The molecule has 0 saturated heterocycles. The Hall–Kier alpha value is -1.02. The number of rotatable bonds is 4. The highest BCUT2D eigenvalue weighted by Gasteiger charge is 2.33. The van der Waals surface area contributed by atoms with Crippen LogP contribution in [0.15, 0.2) is 24.3 Å². The van der Waals surface area contributed by atoms with E-state index in [1.807, 2.05) is 0 Å². The Balaban J connectivity index is 1.69. The lowest BCUT2D eigenvalue weighted by atomic mass is 10.0. The van der Waals surface area contributed by atoms with Gasteiger partial charge in [-0.05, 0) is 50.3 Å². The minimum absolute atomic E-state index is 0.727. The summed E-state index contributed by atoms with van der Waals surface area (Å²) in [7, 11) is 0. The highest BCUT2D eigenvalue weighted by molar-refractivity contribution is 5.52. The molecule has 1 aromatic carbocycles. The van der Waals surface area contributed by atoms with E-state index in [4.69, 9.17) is 0 Å². The van der Waals surface area contributed by atoms with E-state index in [9.17, 15) is 0 Å². The number of aryl methyl sites for hydroxylation is 1. The summed E-state index contributed by atoms with van der Waals surface area (Å²) in [5.41, 5.74) is 2.85. The van der Waals surface area contributed by atoms with Crippen LogP contribution >= 0.6 is 0 Å². The molecule has 3 rings (SSSR count).